The van der Waals surface area contributed by atoms with E-state index in [-0.39, 0.29) is 10.7 Å². The SMILES string of the molecule is NC(Cc1nnc2ccccc2c1Cl)C(F)(F)F. The molecule has 1 aromatic heterocycles. The van der Waals surface area contributed by atoms with Crippen LogP contribution in [0, 0.1) is 0 Å². The molecule has 0 saturated carbocycles. The summed E-state index contributed by atoms with van der Waals surface area (Å²) in [5.74, 6) is 0. The van der Waals surface area contributed by atoms with Gasteiger partial charge in [-0.3, -0.25) is 0 Å². The number of hydrogen-bond donors (Lipinski definition) is 1. The summed E-state index contributed by atoms with van der Waals surface area (Å²) in [7, 11) is 0. The Morgan fingerprint density at radius 3 is 2.56 bits per heavy atom. The third-order valence-electron chi connectivity index (χ3n) is 2.51. The van der Waals surface area contributed by atoms with Gasteiger partial charge in [-0.15, -0.1) is 0 Å². The Morgan fingerprint density at radius 1 is 1.22 bits per heavy atom. The highest BCUT2D eigenvalue weighted by molar-refractivity contribution is 6.35. The molecule has 2 rings (SSSR count). The van der Waals surface area contributed by atoms with Crippen LogP contribution in [0.4, 0.5) is 13.2 Å². The van der Waals surface area contributed by atoms with Gasteiger partial charge < -0.3 is 5.73 Å². The standard InChI is InChI=1S/C11H9ClF3N3/c12-10-6-3-1-2-4-7(6)17-18-8(10)5-9(16)11(13,14)15/h1-4,9H,5,16H2. The molecule has 18 heavy (non-hydrogen) atoms. The second kappa shape index (κ2) is 4.70. The van der Waals surface area contributed by atoms with Crippen LogP contribution in [0.1, 0.15) is 5.69 Å². The average Bonchev–Trinajstić information content (AvgIpc) is 2.32. The number of fused-ring (bicyclic) bond motifs is 1. The smallest absolute Gasteiger partial charge is 0.320 e. The van der Waals surface area contributed by atoms with Gasteiger partial charge in [0, 0.05) is 11.8 Å². The minimum Gasteiger partial charge on any atom is -0.320 e. The van der Waals surface area contributed by atoms with Crippen molar-refractivity contribution in [2.75, 3.05) is 0 Å². The fourth-order valence-corrected chi connectivity index (χ4v) is 1.79. The molecule has 1 aromatic carbocycles. The quantitative estimate of drug-likeness (QED) is 0.917. The first kappa shape index (κ1) is 13.0. The number of alkyl halides is 3. The van der Waals surface area contributed by atoms with Gasteiger partial charge in [0.1, 0.15) is 6.04 Å². The molecule has 0 radical (unpaired) electrons. The molecule has 0 saturated heterocycles. The third kappa shape index (κ3) is 2.54. The topological polar surface area (TPSA) is 51.8 Å². The molecule has 2 aromatic rings. The molecule has 3 nitrogen and oxygen atoms in total. The van der Waals surface area contributed by atoms with Gasteiger partial charge in [0.2, 0.25) is 0 Å². The summed E-state index contributed by atoms with van der Waals surface area (Å²) in [4.78, 5) is 0. The van der Waals surface area contributed by atoms with E-state index in [0.29, 0.717) is 10.9 Å². The first-order valence-electron chi connectivity index (χ1n) is 5.11. The maximum atomic E-state index is 12.4. The zero-order valence-electron chi connectivity index (χ0n) is 9.08. The van der Waals surface area contributed by atoms with E-state index in [9.17, 15) is 13.2 Å². The Kier molecular flexibility index (Phi) is 3.41. The second-order valence-corrected chi connectivity index (χ2v) is 4.21. The first-order chi connectivity index (χ1) is 8.39. The minimum absolute atomic E-state index is 0.0557. The van der Waals surface area contributed by atoms with E-state index in [4.69, 9.17) is 17.3 Å². The molecule has 0 aliphatic rings. The molecule has 1 atom stereocenters. The van der Waals surface area contributed by atoms with Gasteiger partial charge in [0.25, 0.3) is 0 Å². The summed E-state index contributed by atoms with van der Waals surface area (Å²) in [5.41, 5.74) is 5.63. The molecule has 0 amide bonds. The van der Waals surface area contributed by atoms with Crippen molar-refractivity contribution in [3.63, 3.8) is 0 Å². The van der Waals surface area contributed by atoms with Crippen molar-refractivity contribution >= 4 is 22.5 Å². The van der Waals surface area contributed by atoms with E-state index in [1.54, 1.807) is 24.3 Å². The van der Waals surface area contributed by atoms with Crippen LogP contribution in [0.3, 0.4) is 0 Å². The molecule has 7 heteroatoms. The summed E-state index contributed by atoms with van der Waals surface area (Å²) < 4.78 is 37.1. The number of nitrogens with zero attached hydrogens (tertiary/aromatic N) is 2. The summed E-state index contributed by atoms with van der Waals surface area (Å²) in [6, 6.07) is 4.83. The molecule has 0 aliphatic carbocycles. The van der Waals surface area contributed by atoms with Gasteiger partial charge in [-0.05, 0) is 6.07 Å². The van der Waals surface area contributed by atoms with Crippen molar-refractivity contribution in [2.45, 2.75) is 18.6 Å². The first-order valence-corrected chi connectivity index (χ1v) is 5.49. The summed E-state index contributed by atoms with van der Waals surface area (Å²) in [5, 5.41) is 8.25. The number of aromatic nitrogens is 2. The predicted octanol–water partition coefficient (Wildman–Crippen LogP) is 2.72. The van der Waals surface area contributed by atoms with Crippen LogP contribution >= 0.6 is 11.6 Å². The van der Waals surface area contributed by atoms with Gasteiger partial charge in [0.05, 0.1) is 16.2 Å². The maximum absolute atomic E-state index is 12.4. The van der Waals surface area contributed by atoms with Crippen molar-refractivity contribution in [1.29, 1.82) is 0 Å². The van der Waals surface area contributed by atoms with E-state index in [0.717, 1.165) is 0 Å². The molecule has 0 bridgehead atoms. The molecule has 0 aliphatic heterocycles. The number of rotatable bonds is 2. The minimum atomic E-state index is -4.48. The predicted molar refractivity (Wildman–Crippen MR) is 62.3 cm³/mol. The monoisotopic (exact) mass is 275 g/mol. The summed E-state index contributed by atoms with van der Waals surface area (Å²) in [6.07, 6.45) is -4.96. The number of nitrogens with two attached hydrogens (primary N) is 1. The molecule has 0 spiro atoms. The van der Waals surface area contributed by atoms with Crippen molar-refractivity contribution in [2.24, 2.45) is 5.73 Å². The lowest BCUT2D eigenvalue weighted by Gasteiger charge is -2.15. The number of benzene rings is 1. The van der Waals surface area contributed by atoms with Gasteiger partial charge in [-0.25, -0.2) is 0 Å². The lowest BCUT2D eigenvalue weighted by molar-refractivity contribution is -0.147. The molecular weight excluding hydrogens is 267 g/mol. The zero-order valence-corrected chi connectivity index (χ0v) is 9.83. The van der Waals surface area contributed by atoms with Gasteiger partial charge in [-0.2, -0.15) is 23.4 Å². The third-order valence-corrected chi connectivity index (χ3v) is 2.93. The highest BCUT2D eigenvalue weighted by Crippen LogP contribution is 2.27. The van der Waals surface area contributed by atoms with E-state index < -0.39 is 18.6 Å². The average molecular weight is 276 g/mol. The lowest BCUT2D eigenvalue weighted by Crippen LogP contribution is -2.39. The summed E-state index contributed by atoms with van der Waals surface area (Å²) >= 11 is 6.01. The molecular formula is C11H9ClF3N3. The molecule has 1 heterocycles. The van der Waals surface area contributed by atoms with Crippen molar-refractivity contribution < 1.29 is 13.2 Å². The van der Waals surface area contributed by atoms with Crippen LogP contribution < -0.4 is 5.73 Å². The van der Waals surface area contributed by atoms with Gasteiger partial charge in [-0.1, -0.05) is 29.8 Å². The van der Waals surface area contributed by atoms with E-state index in [2.05, 4.69) is 10.2 Å². The highest BCUT2D eigenvalue weighted by Gasteiger charge is 2.37. The van der Waals surface area contributed by atoms with E-state index in [1.165, 1.54) is 0 Å². The molecule has 96 valence electrons. The highest BCUT2D eigenvalue weighted by atomic mass is 35.5. The fourth-order valence-electron chi connectivity index (χ4n) is 1.51. The van der Waals surface area contributed by atoms with Gasteiger partial charge in [0.15, 0.2) is 0 Å². The largest absolute Gasteiger partial charge is 0.404 e. The lowest BCUT2D eigenvalue weighted by atomic mass is 10.1. The Bertz CT molecular complexity index is 571. The summed E-state index contributed by atoms with van der Waals surface area (Å²) in [6.45, 7) is 0. The molecule has 0 fully saturated rings. The van der Waals surface area contributed by atoms with Crippen LogP contribution in [-0.4, -0.2) is 22.4 Å². The van der Waals surface area contributed by atoms with Crippen LogP contribution in [0.5, 0.6) is 0 Å². The maximum Gasteiger partial charge on any atom is 0.404 e. The Balaban J connectivity index is 2.38. The number of halogens is 4. The van der Waals surface area contributed by atoms with Crippen LogP contribution in [0.15, 0.2) is 24.3 Å². The Hall–Kier alpha value is -1.40. The van der Waals surface area contributed by atoms with E-state index in [1.807, 2.05) is 0 Å². The molecule has 1 unspecified atom stereocenters. The fraction of sp³-hybridized carbons (Fsp3) is 0.273. The normalized spacial score (nSPS) is 13.8. The van der Waals surface area contributed by atoms with Crippen LogP contribution in [-0.2, 0) is 6.42 Å². The number of hydrogen-bond acceptors (Lipinski definition) is 3. The Labute approximate surface area is 106 Å². The van der Waals surface area contributed by atoms with Crippen molar-refractivity contribution in [3.05, 3.63) is 35.0 Å². The van der Waals surface area contributed by atoms with Crippen LogP contribution in [0.2, 0.25) is 5.02 Å². The van der Waals surface area contributed by atoms with Gasteiger partial charge >= 0.3 is 6.18 Å². The second-order valence-electron chi connectivity index (χ2n) is 3.83. The van der Waals surface area contributed by atoms with Crippen LogP contribution in [0.25, 0.3) is 10.9 Å². The van der Waals surface area contributed by atoms with E-state index >= 15 is 0 Å². The molecule has 2 N–H and O–H groups in total. The van der Waals surface area contributed by atoms with Crippen molar-refractivity contribution in [1.82, 2.24) is 10.2 Å². The zero-order chi connectivity index (χ0) is 13.3. The van der Waals surface area contributed by atoms with Crippen molar-refractivity contribution in [3.8, 4) is 0 Å². The Morgan fingerprint density at radius 2 is 1.89 bits per heavy atom.